The number of hydrogen-bond acceptors (Lipinski definition) is 6. The Morgan fingerprint density at radius 1 is 0.200 bits per heavy atom. The first-order valence-corrected chi connectivity index (χ1v) is 19.1. The standard InChI is InChI=1S/3C18H12N2/c3*1-2-6-15(7-3-1)9-10-16-11-12-18(20-14-16)17-8-4-5-13-19-17/h3*1-8,11-14H. The molecule has 3 aromatic carbocycles. The molecular weight excluding hydrogens is 733 g/mol. The van der Waals surface area contributed by atoms with Crippen molar-refractivity contribution < 1.29 is 0 Å². The average Bonchev–Trinajstić information content (AvgIpc) is 3.35. The Bertz CT molecular complexity index is 2530. The highest BCUT2D eigenvalue weighted by Crippen LogP contribution is 2.15. The zero-order valence-electron chi connectivity index (χ0n) is 32.5. The van der Waals surface area contributed by atoms with E-state index in [9.17, 15) is 0 Å². The van der Waals surface area contributed by atoms with Gasteiger partial charge in [0.25, 0.3) is 0 Å². The van der Waals surface area contributed by atoms with Gasteiger partial charge in [0.15, 0.2) is 0 Å². The van der Waals surface area contributed by atoms with Crippen LogP contribution in [0.4, 0.5) is 0 Å². The van der Waals surface area contributed by atoms with E-state index >= 15 is 0 Å². The van der Waals surface area contributed by atoms with Gasteiger partial charge in [-0.3, -0.25) is 29.9 Å². The predicted octanol–water partition coefficient (Wildman–Crippen LogP) is 10.6. The molecule has 0 N–H and O–H groups in total. The lowest BCUT2D eigenvalue weighted by Gasteiger charge is -1.98. The third-order valence-electron chi connectivity index (χ3n) is 8.45. The Balaban J connectivity index is 0.000000136. The highest BCUT2D eigenvalue weighted by molar-refractivity contribution is 5.57. The summed E-state index contributed by atoms with van der Waals surface area (Å²) in [7, 11) is 0. The minimum atomic E-state index is 0.857. The Kier molecular flexibility index (Phi) is 14.2. The molecule has 0 saturated carbocycles. The normalized spacial score (nSPS) is 9.60. The molecule has 0 aliphatic carbocycles. The SMILES string of the molecule is C(#Cc1ccc(-c2ccccn2)nc1)c1ccccc1.C(#Cc1ccc(-c2ccccn2)nc1)c1ccccc1.C(#Cc1ccc(-c2ccccn2)nc1)c1ccccc1. The van der Waals surface area contributed by atoms with Crippen molar-refractivity contribution in [3.8, 4) is 69.7 Å². The number of rotatable bonds is 3. The van der Waals surface area contributed by atoms with Crippen LogP contribution in [0.25, 0.3) is 34.2 Å². The van der Waals surface area contributed by atoms with Crippen LogP contribution < -0.4 is 0 Å². The van der Waals surface area contributed by atoms with E-state index < -0.39 is 0 Å². The van der Waals surface area contributed by atoms with Crippen LogP contribution in [0.2, 0.25) is 0 Å². The highest BCUT2D eigenvalue weighted by Gasteiger charge is 2.01. The molecule has 9 aromatic rings. The van der Waals surface area contributed by atoms with Gasteiger partial charge in [-0.15, -0.1) is 0 Å². The molecule has 60 heavy (non-hydrogen) atoms. The second-order valence-corrected chi connectivity index (χ2v) is 12.8. The molecular formula is C54H36N6. The van der Waals surface area contributed by atoms with E-state index in [1.165, 1.54) is 0 Å². The van der Waals surface area contributed by atoms with Crippen LogP contribution in [0.1, 0.15) is 33.4 Å². The number of benzene rings is 3. The van der Waals surface area contributed by atoms with Crippen LogP contribution in [0, 0.1) is 35.5 Å². The lowest BCUT2D eigenvalue weighted by atomic mass is 10.2. The Hall–Kier alpha value is -8.76. The first kappa shape index (κ1) is 39.5. The van der Waals surface area contributed by atoms with Gasteiger partial charge >= 0.3 is 0 Å². The Labute approximate surface area is 350 Å². The zero-order chi connectivity index (χ0) is 40.9. The number of pyridine rings is 6. The van der Waals surface area contributed by atoms with E-state index in [4.69, 9.17) is 0 Å². The molecule has 6 heteroatoms. The molecule has 0 atom stereocenters. The highest BCUT2D eigenvalue weighted by atomic mass is 14.8. The minimum absolute atomic E-state index is 0.857. The molecule has 9 rings (SSSR count). The summed E-state index contributed by atoms with van der Waals surface area (Å²) >= 11 is 0. The fraction of sp³-hybridized carbons (Fsp3) is 0. The lowest BCUT2D eigenvalue weighted by Crippen LogP contribution is -1.87. The minimum Gasteiger partial charge on any atom is -0.255 e. The molecule has 0 radical (unpaired) electrons. The van der Waals surface area contributed by atoms with Crippen molar-refractivity contribution in [3.63, 3.8) is 0 Å². The summed E-state index contributed by atoms with van der Waals surface area (Å²) in [5, 5.41) is 0. The molecule has 0 aliphatic heterocycles. The van der Waals surface area contributed by atoms with Gasteiger partial charge in [-0.25, -0.2) is 0 Å². The summed E-state index contributed by atoms with van der Waals surface area (Å²) in [5.74, 6) is 18.7. The summed E-state index contributed by atoms with van der Waals surface area (Å²) in [6.07, 6.45) is 10.6. The second-order valence-electron chi connectivity index (χ2n) is 12.8. The smallest absolute Gasteiger partial charge is 0.0887 e. The van der Waals surface area contributed by atoms with Gasteiger partial charge in [0.1, 0.15) is 0 Å². The summed E-state index contributed by atoms with van der Waals surface area (Å²) in [4.78, 5) is 26.0. The third-order valence-corrected chi connectivity index (χ3v) is 8.45. The van der Waals surface area contributed by atoms with Crippen LogP contribution >= 0.6 is 0 Å². The summed E-state index contributed by atoms with van der Waals surface area (Å²) in [6, 6.07) is 58.8. The van der Waals surface area contributed by atoms with Gasteiger partial charge < -0.3 is 0 Å². The fourth-order valence-electron chi connectivity index (χ4n) is 5.40. The van der Waals surface area contributed by atoms with Crippen molar-refractivity contribution in [2.24, 2.45) is 0 Å². The maximum absolute atomic E-state index is 4.40. The molecule has 0 spiro atoms. The predicted molar refractivity (Wildman–Crippen MR) is 240 cm³/mol. The lowest BCUT2D eigenvalue weighted by molar-refractivity contribution is 1.24. The quantitative estimate of drug-likeness (QED) is 0.167. The van der Waals surface area contributed by atoms with Crippen molar-refractivity contribution in [1.29, 1.82) is 0 Å². The van der Waals surface area contributed by atoms with E-state index in [2.05, 4.69) is 65.4 Å². The molecule has 282 valence electrons. The summed E-state index contributed by atoms with van der Waals surface area (Å²) in [6.45, 7) is 0. The molecule has 6 heterocycles. The first-order chi connectivity index (χ1) is 29.7. The number of nitrogens with zero attached hydrogens (tertiary/aromatic N) is 6. The molecule has 0 amide bonds. The van der Waals surface area contributed by atoms with Crippen LogP contribution in [0.5, 0.6) is 0 Å². The molecule has 0 fully saturated rings. The van der Waals surface area contributed by atoms with Gasteiger partial charge in [0.2, 0.25) is 0 Å². The number of hydrogen-bond donors (Lipinski definition) is 0. The van der Waals surface area contributed by atoms with Gasteiger partial charge in [-0.05, 0) is 109 Å². The molecule has 6 nitrogen and oxygen atoms in total. The van der Waals surface area contributed by atoms with Crippen LogP contribution in [0.3, 0.4) is 0 Å². The Morgan fingerprint density at radius 3 is 0.683 bits per heavy atom. The van der Waals surface area contributed by atoms with Crippen molar-refractivity contribution in [2.45, 2.75) is 0 Å². The third kappa shape index (κ3) is 12.4. The second kappa shape index (κ2) is 21.5. The molecule has 6 aromatic heterocycles. The van der Waals surface area contributed by atoms with Gasteiger partial charge in [0, 0.05) is 70.6 Å². The molecule has 0 aliphatic rings. The van der Waals surface area contributed by atoms with Crippen molar-refractivity contribution >= 4 is 0 Å². The average molecular weight is 769 g/mol. The van der Waals surface area contributed by atoms with Crippen LogP contribution in [-0.4, -0.2) is 29.9 Å². The van der Waals surface area contributed by atoms with E-state index in [0.29, 0.717) is 0 Å². The van der Waals surface area contributed by atoms with Crippen LogP contribution in [-0.2, 0) is 0 Å². The van der Waals surface area contributed by atoms with Crippen LogP contribution in [0.15, 0.2) is 219 Å². The van der Waals surface area contributed by atoms with Gasteiger partial charge in [-0.2, -0.15) is 0 Å². The van der Waals surface area contributed by atoms with E-state index in [0.717, 1.165) is 67.5 Å². The molecule has 0 saturated heterocycles. The van der Waals surface area contributed by atoms with Crippen molar-refractivity contribution in [3.05, 3.63) is 253 Å². The molecule has 0 bridgehead atoms. The molecule has 0 unspecified atom stereocenters. The van der Waals surface area contributed by atoms with E-state index in [-0.39, 0.29) is 0 Å². The van der Waals surface area contributed by atoms with Crippen molar-refractivity contribution in [2.75, 3.05) is 0 Å². The Morgan fingerprint density at radius 2 is 0.450 bits per heavy atom. The first-order valence-electron chi connectivity index (χ1n) is 19.1. The summed E-state index contributed by atoms with van der Waals surface area (Å²) < 4.78 is 0. The van der Waals surface area contributed by atoms with E-state index in [1.807, 2.05) is 182 Å². The zero-order valence-corrected chi connectivity index (χ0v) is 32.5. The topological polar surface area (TPSA) is 77.3 Å². The number of aromatic nitrogens is 6. The fourth-order valence-corrected chi connectivity index (χ4v) is 5.40. The van der Waals surface area contributed by atoms with Gasteiger partial charge in [-0.1, -0.05) is 108 Å². The maximum Gasteiger partial charge on any atom is 0.0887 e. The largest absolute Gasteiger partial charge is 0.255 e. The van der Waals surface area contributed by atoms with Crippen molar-refractivity contribution in [1.82, 2.24) is 29.9 Å². The summed E-state index contributed by atoms with van der Waals surface area (Å²) in [5.41, 5.74) is 10.9. The maximum atomic E-state index is 4.40. The van der Waals surface area contributed by atoms with Gasteiger partial charge in [0.05, 0.1) is 34.2 Å². The monoisotopic (exact) mass is 768 g/mol. The van der Waals surface area contributed by atoms with E-state index in [1.54, 1.807) is 37.2 Å².